The quantitative estimate of drug-likeness (QED) is 0.480. The van der Waals surface area contributed by atoms with Crippen LogP contribution in [0.2, 0.25) is 0 Å². The lowest BCUT2D eigenvalue weighted by molar-refractivity contribution is -0.0147. The van der Waals surface area contributed by atoms with E-state index in [4.69, 9.17) is 14.7 Å². The average molecular weight is 461 g/mol. The summed E-state index contributed by atoms with van der Waals surface area (Å²) in [6.07, 6.45) is 3.33. The molecule has 1 saturated heterocycles. The van der Waals surface area contributed by atoms with Crippen molar-refractivity contribution in [2.45, 2.75) is 6.10 Å². The summed E-state index contributed by atoms with van der Waals surface area (Å²) in [4.78, 5) is 25.3. The molecule has 0 spiro atoms. The van der Waals surface area contributed by atoms with Crippen molar-refractivity contribution < 1.29 is 19.4 Å². The van der Waals surface area contributed by atoms with Crippen LogP contribution in [0.4, 0.5) is 22.1 Å². The Balaban J connectivity index is 1.57. The number of benzene rings is 1. The number of nitrogens with zero attached hydrogens (tertiary/aromatic N) is 5. The van der Waals surface area contributed by atoms with Gasteiger partial charge in [-0.15, -0.1) is 0 Å². The van der Waals surface area contributed by atoms with E-state index in [0.29, 0.717) is 31.3 Å². The number of morpholine rings is 1. The number of carboxylic acid groups (broad SMARTS) is 1. The Hall–Kier alpha value is -4.43. The van der Waals surface area contributed by atoms with Crippen LogP contribution in [-0.2, 0) is 4.74 Å². The smallest absolute Gasteiger partial charge is 0.407 e. The first kappa shape index (κ1) is 22.8. The van der Waals surface area contributed by atoms with Gasteiger partial charge in [-0.2, -0.15) is 5.26 Å². The summed E-state index contributed by atoms with van der Waals surface area (Å²) >= 11 is 0. The highest BCUT2D eigenvalue weighted by Gasteiger charge is 2.24. The molecule has 1 amide bonds. The predicted molar refractivity (Wildman–Crippen MR) is 124 cm³/mol. The molecule has 1 fully saturated rings. The lowest BCUT2D eigenvalue weighted by Gasteiger charge is -2.31. The van der Waals surface area contributed by atoms with Gasteiger partial charge in [0.1, 0.15) is 23.5 Å². The maximum absolute atomic E-state index is 11.3. The number of aromatic nitrogens is 3. The van der Waals surface area contributed by atoms with Gasteiger partial charge in [0, 0.05) is 36.6 Å². The highest BCUT2D eigenvalue weighted by molar-refractivity contribution is 5.80. The van der Waals surface area contributed by atoms with E-state index in [-0.39, 0.29) is 18.3 Å². The van der Waals surface area contributed by atoms with Crippen LogP contribution in [0.15, 0.2) is 48.9 Å². The second kappa shape index (κ2) is 10.5. The standard InChI is InChI=1S/C23H23N7O4/c1-33-17-4-2-15(3-5-17)19-12-28-21(29-22-13-25-16(9-24)10-27-22)8-20(19)26-11-18-14-30(23(31)32)6-7-34-18/h2-5,8,10,12-13,18H,6-7,11,14H2,1H3,(H,31,32)(H2,26,27,28,29). The van der Waals surface area contributed by atoms with Gasteiger partial charge in [0.2, 0.25) is 0 Å². The number of hydrogen-bond acceptors (Lipinski definition) is 9. The minimum Gasteiger partial charge on any atom is -0.497 e. The molecule has 1 aliphatic rings. The van der Waals surface area contributed by atoms with Crippen LogP contribution in [0.3, 0.4) is 0 Å². The fourth-order valence-corrected chi connectivity index (χ4v) is 3.49. The second-order valence-corrected chi connectivity index (χ2v) is 7.47. The maximum Gasteiger partial charge on any atom is 0.407 e. The molecule has 4 rings (SSSR count). The summed E-state index contributed by atoms with van der Waals surface area (Å²) in [7, 11) is 1.61. The van der Waals surface area contributed by atoms with Gasteiger partial charge >= 0.3 is 6.09 Å². The van der Waals surface area contributed by atoms with Crippen molar-refractivity contribution in [2.24, 2.45) is 0 Å². The van der Waals surface area contributed by atoms with E-state index in [9.17, 15) is 9.90 Å². The number of ether oxygens (including phenoxy) is 2. The Morgan fingerprint density at radius 2 is 2.03 bits per heavy atom. The van der Waals surface area contributed by atoms with Gasteiger partial charge < -0.3 is 30.1 Å². The molecule has 11 heteroatoms. The first-order chi connectivity index (χ1) is 16.6. The first-order valence-electron chi connectivity index (χ1n) is 10.5. The number of nitrogens with one attached hydrogen (secondary N) is 2. The van der Waals surface area contributed by atoms with E-state index in [1.807, 2.05) is 36.4 Å². The summed E-state index contributed by atoms with van der Waals surface area (Å²) in [5.74, 6) is 1.71. The number of rotatable bonds is 7. The highest BCUT2D eigenvalue weighted by atomic mass is 16.5. The van der Waals surface area contributed by atoms with Crippen molar-refractivity contribution in [3.8, 4) is 22.9 Å². The molecule has 0 saturated carbocycles. The molecule has 174 valence electrons. The number of hydrogen-bond donors (Lipinski definition) is 3. The number of nitriles is 1. The number of anilines is 3. The second-order valence-electron chi connectivity index (χ2n) is 7.47. The third-order valence-corrected chi connectivity index (χ3v) is 5.26. The molecule has 1 aromatic carbocycles. The van der Waals surface area contributed by atoms with E-state index in [1.165, 1.54) is 17.3 Å². The van der Waals surface area contributed by atoms with E-state index in [1.54, 1.807) is 13.3 Å². The van der Waals surface area contributed by atoms with Crippen LogP contribution in [0.1, 0.15) is 5.69 Å². The minimum absolute atomic E-state index is 0.221. The Bertz CT molecular complexity index is 1180. The summed E-state index contributed by atoms with van der Waals surface area (Å²) in [6.45, 7) is 1.41. The fraction of sp³-hybridized carbons (Fsp3) is 0.261. The van der Waals surface area contributed by atoms with Crippen LogP contribution in [0, 0.1) is 11.3 Å². The summed E-state index contributed by atoms with van der Waals surface area (Å²) in [5, 5.41) is 24.6. The summed E-state index contributed by atoms with van der Waals surface area (Å²) in [5.41, 5.74) is 2.78. The monoisotopic (exact) mass is 461 g/mol. The van der Waals surface area contributed by atoms with Crippen molar-refractivity contribution >= 4 is 23.4 Å². The predicted octanol–water partition coefficient (Wildman–Crippen LogP) is 2.95. The number of amides is 1. The van der Waals surface area contributed by atoms with Gasteiger partial charge in [0.25, 0.3) is 0 Å². The number of carbonyl (C=O) groups is 1. The Labute approximate surface area is 196 Å². The lowest BCUT2D eigenvalue weighted by atomic mass is 10.1. The lowest BCUT2D eigenvalue weighted by Crippen LogP contribution is -2.47. The molecule has 34 heavy (non-hydrogen) atoms. The van der Waals surface area contributed by atoms with E-state index < -0.39 is 6.09 Å². The maximum atomic E-state index is 11.3. The zero-order valence-electron chi connectivity index (χ0n) is 18.4. The summed E-state index contributed by atoms with van der Waals surface area (Å²) in [6, 6.07) is 11.4. The Kier molecular flexibility index (Phi) is 7.00. The molecule has 1 atom stereocenters. The Morgan fingerprint density at radius 3 is 2.71 bits per heavy atom. The van der Waals surface area contributed by atoms with Crippen molar-refractivity contribution in [2.75, 3.05) is 44.0 Å². The molecule has 0 radical (unpaired) electrons. The zero-order chi connectivity index (χ0) is 23.9. The molecule has 2 aromatic heterocycles. The topological polar surface area (TPSA) is 146 Å². The fourth-order valence-electron chi connectivity index (χ4n) is 3.49. The van der Waals surface area contributed by atoms with Gasteiger partial charge in [-0.3, -0.25) is 0 Å². The van der Waals surface area contributed by atoms with Crippen LogP contribution >= 0.6 is 0 Å². The SMILES string of the molecule is COc1ccc(-c2cnc(Nc3cnc(C#N)cn3)cc2NCC2CN(C(=O)O)CCO2)cc1. The third-order valence-electron chi connectivity index (χ3n) is 5.26. The normalized spacial score (nSPS) is 15.3. The molecule has 1 aliphatic heterocycles. The average Bonchev–Trinajstić information content (AvgIpc) is 2.88. The highest BCUT2D eigenvalue weighted by Crippen LogP contribution is 2.31. The molecular weight excluding hydrogens is 438 g/mol. The van der Waals surface area contributed by atoms with Crippen molar-refractivity contribution in [3.05, 3.63) is 54.6 Å². The van der Waals surface area contributed by atoms with Crippen molar-refractivity contribution in [1.82, 2.24) is 19.9 Å². The van der Waals surface area contributed by atoms with Gasteiger partial charge in [-0.25, -0.2) is 19.7 Å². The van der Waals surface area contributed by atoms with Gasteiger partial charge in [-0.05, 0) is 17.7 Å². The third kappa shape index (κ3) is 5.48. The van der Waals surface area contributed by atoms with Crippen LogP contribution in [0.5, 0.6) is 5.75 Å². The minimum atomic E-state index is -0.953. The summed E-state index contributed by atoms with van der Waals surface area (Å²) < 4.78 is 11.0. The molecular formula is C23H23N7O4. The van der Waals surface area contributed by atoms with Crippen LogP contribution in [0.25, 0.3) is 11.1 Å². The van der Waals surface area contributed by atoms with Crippen LogP contribution in [-0.4, -0.2) is 70.5 Å². The molecule has 1 unspecified atom stereocenters. The molecule has 11 nitrogen and oxygen atoms in total. The van der Waals surface area contributed by atoms with Crippen molar-refractivity contribution in [1.29, 1.82) is 5.26 Å². The van der Waals surface area contributed by atoms with Crippen molar-refractivity contribution in [3.63, 3.8) is 0 Å². The molecule has 0 aliphatic carbocycles. The largest absolute Gasteiger partial charge is 0.497 e. The van der Waals surface area contributed by atoms with Gasteiger partial charge in [0.15, 0.2) is 5.69 Å². The van der Waals surface area contributed by atoms with Gasteiger partial charge in [-0.1, -0.05) is 12.1 Å². The molecule has 3 aromatic rings. The molecule has 0 bridgehead atoms. The van der Waals surface area contributed by atoms with Crippen LogP contribution < -0.4 is 15.4 Å². The zero-order valence-corrected chi connectivity index (χ0v) is 18.4. The van der Waals surface area contributed by atoms with E-state index >= 15 is 0 Å². The number of methoxy groups -OCH3 is 1. The first-order valence-corrected chi connectivity index (χ1v) is 10.5. The van der Waals surface area contributed by atoms with E-state index in [2.05, 4.69) is 25.6 Å². The van der Waals surface area contributed by atoms with Gasteiger partial charge in [0.05, 0.1) is 38.8 Å². The molecule has 3 heterocycles. The molecule has 3 N–H and O–H groups in total. The van der Waals surface area contributed by atoms with E-state index in [0.717, 1.165) is 22.6 Å². The number of pyridine rings is 1. The Morgan fingerprint density at radius 1 is 1.24 bits per heavy atom.